The molecule has 1 saturated heterocycles. The number of ether oxygens (including phenoxy) is 2. The first kappa shape index (κ1) is 23.4. The first-order valence-electron chi connectivity index (χ1n) is 13.1. The molecule has 2 atom stereocenters. The largest absolute Gasteiger partial charge is 0.490 e. The second-order valence-corrected chi connectivity index (χ2v) is 11.4. The van der Waals surface area contributed by atoms with Crippen LogP contribution in [0.1, 0.15) is 80.2 Å². The monoisotopic (exact) mass is 497 g/mol. The minimum Gasteiger partial charge on any atom is -0.490 e. The Hall–Kier alpha value is -2.00. The highest BCUT2D eigenvalue weighted by atomic mass is 32.1. The zero-order valence-corrected chi connectivity index (χ0v) is 21.3. The van der Waals surface area contributed by atoms with Crippen LogP contribution in [0.2, 0.25) is 0 Å². The third kappa shape index (κ3) is 4.39. The molecule has 7 nitrogen and oxygen atoms in total. The van der Waals surface area contributed by atoms with Gasteiger partial charge in [0.05, 0.1) is 30.9 Å². The van der Waals surface area contributed by atoms with Gasteiger partial charge in [-0.3, -0.25) is 4.90 Å². The lowest BCUT2D eigenvalue weighted by Gasteiger charge is -2.49. The molecule has 1 aliphatic heterocycles. The highest BCUT2D eigenvalue weighted by Crippen LogP contribution is 2.49. The van der Waals surface area contributed by atoms with Crippen LogP contribution in [0.3, 0.4) is 0 Å². The van der Waals surface area contributed by atoms with Gasteiger partial charge in [-0.2, -0.15) is 0 Å². The summed E-state index contributed by atoms with van der Waals surface area (Å²) in [5, 5.41) is 11.9. The average molecular weight is 498 g/mol. The number of morpholine rings is 1. The number of nitrogens with zero attached hydrogens (tertiary/aromatic N) is 3. The number of aryl methyl sites for hydroxylation is 1. The molecule has 0 aromatic carbocycles. The Balaban J connectivity index is 1.20. The molecule has 1 saturated carbocycles. The second kappa shape index (κ2) is 9.81. The van der Waals surface area contributed by atoms with Crippen LogP contribution in [0.25, 0.3) is 10.2 Å². The number of pyridine rings is 1. The molecular formula is C27H35N3O4S. The van der Waals surface area contributed by atoms with Crippen LogP contribution < -0.4 is 4.74 Å². The molecule has 3 aromatic heterocycles. The third-order valence-electron chi connectivity index (χ3n) is 8.54. The number of fused-ring (bicyclic) bond motifs is 3. The molecule has 35 heavy (non-hydrogen) atoms. The van der Waals surface area contributed by atoms with Crippen LogP contribution >= 0.6 is 11.3 Å². The lowest BCUT2D eigenvalue weighted by atomic mass is 9.77. The van der Waals surface area contributed by atoms with Gasteiger partial charge in [0.15, 0.2) is 0 Å². The van der Waals surface area contributed by atoms with Gasteiger partial charge in [-0.05, 0) is 68.9 Å². The van der Waals surface area contributed by atoms with E-state index in [0.29, 0.717) is 17.9 Å². The normalized spacial score (nSPS) is 28.3. The third-order valence-corrected chi connectivity index (χ3v) is 9.71. The summed E-state index contributed by atoms with van der Waals surface area (Å²) in [4.78, 5) is 13.9. The van der Waals surface area contributed by atoms with Gasteiger partial charge in [0.2, 0.25) is 5.89 Å². The summed E-state index contributed by atoms with van der Waals surface area (Å²) in [6.07, 6.45) is 12.9. The predicted octanol–water partition coefficient (Wildman–Crippen LogP) is 5.24. The van der Waals surface area contributed by atoms with Gasteiger partial charge in [-0.1, -0.05) is 6.92 Å². The summed E-state index contributed by atoms with van der Waals surface area (Å²) >= 11 is 1.78. The number of thiophene rings is 1. The number of oxazole rings is 1. The molecule has 0 bridgehead atoms. The molecule has 0 spiro atoms. The van der Waals surface area contributed by atoms with Gasteiger partial charge < -0.3 is 19.0 Å². The Morgan fingerprint density at radius 1 is 1.20 bits per heavy atom. The van der Waals surface area contributed by atoms with E-state index in [1.54, 1.807) is 17.5 Å². The van der Waals surface area contributed by atoms with E-state index in [1.807, 2.05) is 12.3 Å². The summed E-state index contributed by atoms with van der Waals surface area (Å²) in [5.74, 6) is 1.62. The van der Waals surface area contributed by atoms with Gasteiger partial charge in [0.1, 0.15) is 22.9 Å². The van der Waals surface area contributed by atoms with E-state index in [0.717, 1.165) is 68.0 Å². The molecule has 2 aliphatic carbocycles. The highest BCUT2D eigenvalue weighted by Gasteiger charge is 2.40. The van der Waals surface area contributed by atoms with E-state index >= 15 is 0 Å². The van der Waals surface area contributed by atoms with Crippen molar-refractivity contribution in [3.8, 4) is 5.75 Å². The topological polar surface area (TPSA) is 80.9 Å². The molecule has 1 N–H and O–H groups in total. The van der Waals surface area contributed by atoms with Crippen LogP contribution in [-0.2, 0) is 11.2 Å². The lowest BCUT2D eigenvalue weighted by Crippen LogP contribution is -2.55. The molecule has 3 aliphatic rings. The first-order chi connectivity index (χ1) is 17.2. The number of aliphatic hydroxyl groups excluding tert-OH is 1. The van der Waals surface area contributed by atoms with E-state index in [2.05, 4.69) is 21.8 Å². The molecule has 4 heterocycles. The molecule has 0 unspecified atom stereocenters. The quantitative estimate of drug-likeness (QED) is 0.478. The zero-order valence-electron chi connectivity index (χ0n) is 20.4. The second-order valence-electron chi connectivity index (χ2n) is 10.3. The van der Waals surface area contributed by atoms with Gasteiger partial charge in [0.25, 0.3) is 0 Å². The SMILES string of the molecule is CCC1(N2CCOCC2)CCC(Oc2ccnc3sc4c(c23)[C@@H](C[C@@H](O)c2ncco2)CC4)CC1. The summed E-state index contributed by atoms with van der Waals surface area (Å²) < 4.78 is 17.7. The van der Waals surface area contributed by atoms with Crippen molar-refractivity contribution >= 4 is 21.6 Å². The van der Waals surface area contributed by atoms with Crippen LogP contribution in [0, 0.1) is 0 Å². The standard InChI is InChI=1S/C27H35N3O4S/c1-2-27(30-12-15-32-16-13-30)8-5-19(6-9-27)34-21-7-10-29-26-24(21)23-18(3-4-22(23)35-26)17-20(31)25-28-11-14-33-25/h7,10-11,14,18-20,31H,2-6,8-9,12-13,15-17H2,1H3/t18-,19?,20-,27?/m1/s1. The fourth-order valence-electron chi connectivity index (χ4n) is 6.59. The molecule has 0 amide bonds. The highest BCUT2D eigenvalue weighted by molar-refractivity contribution is 7.19. The van der Waals surface area contributed by atoms with Crippen LogP contribution in [0.4, 0.5) is 0 Å². The molecule has 8 heteroatoms. The number of hydrogen-bond donors (Lipinski definition) is 1. The van der Waals surface area contributed by atoms with Crippen molar-refractivity contribution in [2.24, 2.45) is 0 Å². The predicted molar refractivity (Wildman–Crippen MR) is 135 cm³/mol. The fourth-order valence-corrected chi connectivity index (χ4v) is 7.85. The Labute approximate surface area is 210 Å². The molecule has 188 valence electrons. The van der Waals surface area contributed by atoms with Crippen molar-refractivity contribution in [2.45, 2.75) is 82.0 Å². The van der Waals surface area contributed by atoms with E-state index < -0.39 is 6.10 Å². The van der Waals surface area contributed by atoms with Gasteiger partial charge in [-0.25, -0.2) is 9.97 Å². The van der Waals surface area contributed by atoms with Crippen molar-refractivity contribution in [1.82, 2.24) is 14.9 Å². The molecule has 6 rings (SSSR count). The lowest BCUT2D eigenvalue weighted by molar-refractivity contribution is -0.0510. The Bertz CT molecular complexity index is 1130. The maximum atomic E-state index is 10.7. The van der Waals surface area contributed by atoms with Crippen LogP contribution in [0.5, 0.6) is 5.75 Å². The van der Waals surface area contributed by atoms with Crippen LogP contribution in [0.15, 0.2) is 29.1 Å². The number of aliphatic hydroxyl groups is 1. The van der Waals surface area contributed by atoms with Crippen molar-refractivity contribution in [1.29, 1.82) is 0 Å². The Morgan fingerprint density at radius 2 is 2.03 bits per heavy atom. The first-order valence-corrected chi connectivity index (χ1v) is 14.0. The van der Waals surface area contributed by atoms with Crippen molar-refractivity contribution in [3.63, 3.8) is 0 Å². The Morgan fingerprint density at radius 3 is 2.77 bits per heavy atom. The maximum Gasteiger partial charge on any atom is 0.222 e. The van der Waals surface area contributed by atoms with Crippen molar-refractivity contribution in [3.05, 3.63) is 41.1 Å². The van der Waals surface area contributed by atoms with E-state index in [4.69, 9.17) is 13.9 Å². The van der Waals surface area contributed by atoms with Gasteiger partial charge >= 0.3 is 0 Å². The van der Waals surface area contributed by atoms with Crippen molar-refractivity contribution < 1.29 is 19.0 Å². The minimum atomic E-state index is -0.697. The fraction of sp³-hybridized carbons (Fsp3) is 0.630. The number of aromatic nitrogens is 2. The maximum absolute atomic E-state index is 10.7. The summed E-state index contributed by atoms with van der Waals surface area (Å²) in [6, 6.07) is 2.04. The smallest absolute Gasteiger partial charge is 0.222 e. The summed E-state index contributed by atoms with van der Waals surface area (Å²) in [5.41, 5.74) is 1.62. The van der Waals surface area contributed by atoms with Crippen LogP contribution in [-0.4, -0.2) is 57.9 Å². The minimum absolute atomic E-state index is 0.231. The number of rotatable bonds is 7. The molecule has 3 aromatic rings. The van der Waals surface area contributed by atoms with E-state index in [-0.39, 0.29) is 12.0 Å². The van der Waals surface area contributed by atoms with Crippen molar-refractivity contribution in [2.75, 3.05) is 26.3 Å². The molecule has 0 radical (unpaired) electrons. The van der Waals surface area contributed by atoms with E-state index in [1.165, 1.54) is 36.0 Å². The summed E-state index contributed by atoms with van der Waals surface area (Å²) in [6.45, 7) is 6.14. The molecular weight excluding hydrogens is 462 g/mol. The average Bonchev–Trinajstić information content (AvgIpc) is 3.64. The molecule has 2 fully saturated rings. The number of hydrogen-bond acceptors (Lipinski definition) is 8. The summed E-state index contributed by atoms with van der Waals surface area (Å²) in [7, 11) is 0. The van der Waals surface area contributed by atoms with E-state index in [9.17, 15) is 5.11 Å². The van der Waals surface area contributed by atoms with Gasteiger partial charge in [-0.15, -0.1) is 11.3 Å². The van der Waals surface area contributed by atoms with Gasteiger partial charge in [0, 0.05) is 29.7 Å². The zero-order chi connectivity index (χ0) is 23.8. The Kier molecular flexibility index (Phi) is 6.56.